The van der Waals surface area contributed by atoms with Crippen molar-refractivity contribution in [1.82, 2.24) is 4.90 Å². The van der Waals surface area contributed by atoms with E-state index in [9.17, 15) is 9.59 Å². The highest BCUT2D eigenvalue weighted by atomic mass is 32.1. The van der Waals surface area contributed by atoms with E-state index in [1.54, 1.807) is 25.3 Å². The standard InChI is InChI=1S/C34H29N3O3S/c1-33(2)23-14-9-10-17-27(23)37-28-24(33)15-11-16-25(28)34(3,4)26-19-21(40-31(26)37)18-22-29(38)35(5)32(41)36(30(22)39)20-12-7-6-8-13-20/h6-19H,1-5H3/b22-18+. The van der Waals surface area contributed by atoms with E-state index in [0.717, 1.165) is 16.9 Å². The van der Waals surface area contributed by atoms with Gasteiger partial charge in [0.1, 0.15) is 11.3 Å². The zero-order chi connectivity index (χ0) is 28.8. The summed E-state index contributed by atoms with van der Waals surface area (Å²) >= 11 is 5.50. The molecule has 7 heteroatoms. The average molecular weight is 560 g/mol. The summed E-state index contributed by atoms with van der Waals surface area (Å²) in [4.78, 5) is 32.0. The van der Waals surface area contributed by atoms with Crippen molar-refractivity contribution in [2.45, 2.75) is 38.5 Å². The molecule has 204 valence electrons. The molecule has 0 unspecified atom stereocenters. The Labute approximate surface area is 244 Å². The summed E-state index contributed by atoms with van der Waals surface area (Å²) in [5.41, 5.74) is 6.84. The van der Waals surface area contributed by atoms with E-state index in [-0.39, 0.29) is 21.5 Å². The van der Waals surface area contributed by atoms with Gasteiger partial charge in [-0.1, -0.05) is 82.3 Å². The third-order valence-electron chi connectivity index (χ3n) is 8.78. The number of para-hydroxylation sites is 3. The predicted octanol–water partition coefficient (Wildman–Crippen LogP) is 7.20. The molecule has 41 heavy (non-hydrogen) atoms. The van der Waals surface area contributed by atoms with Gasteiger partial charge < -0.3 is 4.42 Å². The van der Waals surface area contributed by atoms with Crippen molar-refractivity contribution in [2.75, 3.05) is 16.8 Å². The van der Waals surface area contributed by atoms with Gasteiger partial charge >= 0.3 is 0 Å². The van der Waals surface area contributed by atoms with Gasteiger partial charge in [-0.05, 0) is 59.2 Å². The van der Waals surface area contributed by atoms with Crippen molar-refractivity contribution in [1.29, 1.82) is 0 Å². The molecule has 1 aromatic heterocycles. The summed E-state index contributed by atoms with van der Waals surface area (Å²) < 4.78 is 6.59. The van der Waals surface area contributed by atoms with Gasteiger partial charge in [-0.3, -0.25) is 24.3 Å². The van der Waals surface area contributed by atoms with Gasteiger partial charge in [0.05, 0.1) is 17.1 Å². The summed E-state index contributed by atoms with van der Waals surface area (Å²) in [6.45, 7) is 8.91. The fourth-order valence-corrected chi connectivity index (χ4v) is 6.75. The maximum Gasteiger partial charge on any atom is 0.270 e. The van der Waals surface area contributed by atoms with Crippen molar-refractivity contribution in [2.24, 2.45) is 0 Å². The fraction of sp³-hybridized carbons (Fsp3) is 0.206. The Hall–Kier alpha value is -4.49. The number of nitrogens with zero attached hydrogens (tertiary/aromatic N) is 3. The molecule has 3 aromatic carbocycles. The van der Waals surface area contributed by atoms with Crippen LogP contribution < -0.4 is 9.80 Å². The van der Waals surface area contributed by atoms with Crippen LogP contribution in [0.25, 0.3) is 6.08 Å². The number of hydrogen-bond donors (Lipinski definition) is 0. The zero-order valence-corrected chi connectivity index (χ0v) is 24.4. The zero-order valence-electron chi connectivity index (χ0n) is 23.6. The Morgan fingerprint density at radius 2 is 1.34 bits per heavy atom. The monoisotopic (exact) mass is 559 g/mol. The number of likely N-dealkylation sites (N-methyl/N-ethyl adjacent to an activating group) is 1. The SMILES string of the molecule is CN1C(=O)/C(=C\c2cc3c(o2)N2c4ccccc4C(C)(C)c4cccc(c42)C3(C)C)C(=O)N(c2ccccc2)C1=S. The highest BCUT2D eigenvalue weighted by Crippen LogP contribution is 2.60. The number of carbonyl (C=O) groups excluding carboxylic acids is 2. The van der Waals surface area contributed by atoms with E-state index < -0.39 is 11.8 Å². The lowest BCUT2D eigenvalue weighted by Gasteiger charge is -2.47. The normalized spacial score (nSPS) is 19.3. The minimum Gasteiger partial charge on any atom is -0.440 e. The molecule has 1 fully saturated rings. The van der Waals surface area contributed by atoms with E-state index in [1.807, 2.05) is 30.3 Å². The Bertz CT molecular complexity index is 1830. The quantitative estimate of drug-likeness (QED) is 0.148. The number of carbonyl (C=O) groups is 2. The van der Waals surface area contributed by atoms with Crippen molar-refractivity contribution in [3.63, 3.8) is 0 Å². The third-order valence-corrected chi connectivity index (χ3v) is 9.24. The van der Waals surface area contributed by atoms with Gasteiger partial charge in [-0.25, -0.2) is 0 Å². The maximum atomic E-state index is 13.7. The molecule has 0 radical (unpaired) electrons. The smallest absolute Gasteiger partial charge is 0.270 e. The summed E-state index contributed by atoms with van der Waals surface area (Å²) in [5.74, 6) is 0.194. The molecule has 1 saturated heterocycles. The summed E-state index contributed by atoms with van der Waals surface area (Å²) in [7, 11) is 1.59. The molecular weight excluding hydrogens is 530 g/mol. The summed E-state index contributed by atoms with van der Waals surface area (Å²) in [6.07, 6.45) is 1.55. The van der Waals surface area contributed by atoms with Crippen LogP contribution >= 0.6 is 12.2 Å². The number of benzene rings is 3. The summed E-state index contributed by atoms with van der Waals surface area (Å²) in [5, 5.41) is 0.138. The van der Waals surface area contributed by atoms with Crippen molar-refractivity contribution >= 4 is 58.2 Å². The molecule has 4 aromatic rings. The average Bonchev–Trinajstić information content (AvgIpc) is 3.39. The first-order valence-corrected chi connectivity index (χ1v) is 14.1. The first-order valence-electron chi connectivity index (χ1n) is 13.6. The van der Waals surface area contributed by atoms with E-state index in [2.05, 4.69) is 69.0 Å². The Balaban J connectivity index is 1.41. The van der Waals surface area contributed by atoms with E-state index >= 15 is 0 Å². The molecule has 7 rings (SSSR count). The van der Waals surface area contributed by atoms with Crippen LogP contribution in [-0.4, -0.2) is 28.9 Å². The molecule has 0 atom stereocenters. The number of thiocarbonyl (C=S) groups is 1. The van der Waals surface area contributed by atoms with Crippen LogP contribution in [0.2, 0.25) is 0 Å². The van der Waals surface area contributed by atoms with Crippen molar-refractivity contribution in [3.05, 3.63) is 112 Å². The van der Waals surface area contributed by atoms with Crippen LogP contribution in [0.1, 0.15) is 55.7 Å². The highest BCUT2D eigenvalue weighted by Gasteiger charge is 2.47. The topological polar surface area (TPSA) is 57.0 Å². The molecule has 3 aliphatic rings. The van der Waals surface area contributed by atoms with E-state index in [1.165, 1.54) is 26.5 Å². The molecule has 4 heterocycles. The molecule has 0 saturated carbocycles. The second-order valence-corrected chi connectivity index (χ2v) is 12.2. The Kier molecular flexibility index (Phi) is 5.29. The van der Waals surface area contributed by atoms with Gasteiger partial charge in [0.25, 0.3) is 11.8 Å². The fourth-order valence-electron chi connectivity index (χ4n) is 6.48. The Morgan fingerprint density at radius 1 is 0.732 bits per heavy atom. The number of fused-ring (bicyclic) bond motifs is 4. The van der Waals surface area contributed by atoms with Crippen LogP contribution in [0, 0.1) is 0 Å². The minimum absolute atomic E-state index is 0.00719. The number of hydrogen-bond acceptors (Lipinski definition) is 5. The molecule has 0 spiro atoms. The lowest BCUT2D eigenvalue weighted by molar-refractivity contribution is -0.127. The second-order valence-electron chi connectivity index (χ2n) is 11.9. The van der Waals surface area contributed by atoms with E-state index in [4.69, 9.17) is 16.6 Å². The van der Waals surface area contributed by atoms with Gasteiger partial charge in [-0.2, -0.15) is 0 Å². The van der Waals surface area contributed by atoms with Crippen molar-refractivity contribution in [3.8, 4) is 0 Å². The second kappa shape index (κ2) is 8.51. The molecule has 6 nitrogen and oxygen atoms in total. The van der Waals surface area contributed by atoms with Gasteiger partial charge in [0.15, 0.2) is 5.11 Å². The molecular formula is C34H29N3O3S. The number of rotatable bonds is 2. The number of furan rings is 1. The lowest BCUT2D eigenvalue weighted by Crippen LogP contribution is -2.54. The Morgan fingerprint density at radius 3 is 2.05 bits per heavy atom. The highest BCUT2D eigenvalue weighted by molar-refractivity contribution is 7.80. The summed E-state index contributed by atoms with van der Waals surface area (Å²) in [6, 6.07) is 26.0. The van der Waals surface area contributed by atoms with Crippen LogP contribution in [0.4, 0.5) is 22.9 Å². The number of amides is 2. The van der Waals surface area contributed by atoms with Crippen molar-refractivity contribution < 1.29 is 14.0 Å². The first-order chi connectivity index (χ1) is 19.5. The van der Waals surface area contributed by atoms with Gasteiger partial charge in [0, 0.05) is 23.4 Å². The molecule has 0 N–H and O–H groups in total. The van der Waals surface area contributed by atoms with Crippen LogP contribution in [-0.2, 0) is 20.4 Å². The largest absolute Gasteiger partial charge is 0.440 e. The van der Waals surface area contributed by atoms with Gasteiger partial charge in [-0.15, -0.1) is 0 Å². The first kappa shape index (κ1) is 25.5. The molecule has 3 aliphatic heterocycles. The van der Waals surface area contributed by atoms with E-state index in [0.29, 0.717) is 17.3 Å². The number of anilines is 4. The molecule has 0 bridgehead atoms. The molecule has 2 amide bonds. The molecule has 0 aliphatic carbocycles. The lowest BCUT2D eigenvalue weighted by atomic mass is 9.67. The predicted molar refractivity (Wildman–Crippen MR) is 165 cm³/mol. The third kappa shape index (κ3) is 3.39. The minimum atomic E-state index is -0.478. The maximum absolute atomic E-state index is 13.7. The van der Waals surface area contributed by atoms with Crippen LogP contribution in [0.5, 0.6) is 0 Å². The van der Waals surface area contributed by atoms with Crippen LogP contribution in [0.15, 0.2) is 88.9 Å². The van der Waals surface area contributed by atoms with Crippen LogP contribution in [0.3, 0.4) is 0 Å². The van der Waals surface area contributed by atoms with Gasteiger partial charge in [0.2, 0.25) is 5.88 Å².